The molecular weight excluding hydrogens is 406 g/mol. The number of nitrogens with two attached hydrogens (primary N) is 3. The number of aryl methyl sites for hydroxylation is 1. The van der Waals surface area contributed by atoms with Crippen molar-refractivity contribution >= 4 is 39.0 Å². The van der Waals surface area contributed by atoms with Crippen molar-refractivity contribution in [1.82, 2.24) is 9.55 Å². The van der Waals surface area contributed by atoms with Gasteiger partial charge in [-0.1, -0.05) is 12.1 Å². The van der Waals surface area contributed by atoms with E-state index >= 15 is 0 Å². The molecule has 13 heteroatoms. The number of nitrogens with zero attached hydrogens (tertiary/aromatic N) is 4. The van der Waals surface area contributed by atoms with Crippen LogP contribution in [-0.2, 0) is 23.0 Å². The van der Waals surface area contributed by atoms with E-state index in [1.165, 1.54) is 17.0 Å². The number of hydrogen-bond donors (Lipinski definition) is 3. The number of thiocarbonyl (C=S) groups is 1. The van der Waals surface area contributed by atoms with Crippen molar-refractivity contribution < 1.29 is 13.3 Å². The van der Waals surface area contributed by atoms with Gasteiger partial charge in [-0.25, -0.2) is 13.6 Å². The molecule has 0 aliphatic rings. The van der Waals surface area contributed by atoms with Crippen LogP contribution in [0.15, 0.2) is 29.2 Å². The van der Waals surface area contributed by atoms with E-state index in [0.717, 1.165) is 5.56 Å². The average molecular weight is 428 g/mol. The zero-order chi connectivity index (χ0) is 21.1. The summed E-state index contributed by atoms with van der Waals surface area (Å²) in [6, 6.07) is 5.99. The van der Waals surface area contributed by atoms with Crippen LogP contribution in [0.3, 0.4) is 0 Å². The van der Waals surface area contributed by atoms with Crippen molar-refractivity contribution in [2.24, 2.45) is 16.6 Å². The summed E-state index contributed by atoms with van der Waals surface area (Å²) in [7, 11) is -3.78. The minimum absolute atomic E-state index is 0.00487. The molecule has 0 fully saturated rings. The molecule has 0 atom stereocenters. The molecule has 1 aromatic carbocycles. The second kappa shape index (κ2) is 8.60. The fourth-order valence-electron chi connectivity index (χ4n) is 2.73. The van der Waals surface area contributed by atoms with Crippen LogP contribution in [0.1, 0.15) is 11.4 Å². The van der Waals surface area contributed by atoms with Crippen LogP contribution in [0.5, 0.6) is 0 Å². The Morgan fingerprint density at radius 2 is 1.96 bits per heavy atom. The number of aromatic nitrogens is 2. The molecule has 2 aromatic rings. The summed E-state index contributed by atoms with van der Waals surface area (Å²) < 4.78 is 24.3. The third kappa shape index (κ3) is 4.81. The maximum Gasteiger partial charge on any atom is 0.407 e. The van der Waals surface area contributed by atoms with Gasteiger partial charge in [-0.2, -0.15) is 0 Å². The first kappa shape index (κ1) is 21.7. The molecule has 0 unspecified atom stereocenters. The Balaban J connectivity index is 2.34. The number of rotatable bonds is 8. The molecule has 2 rings (SSSR count). The molecule has 0 saturated heterocycles. The quantitative estimate of drug-likeness (QED) is 0.297. The van der Waals surface area contributed by atoms with Crippen molar-refractivity contribution in [1.29, 1.82) is 0 Å². The van der Waals surface area contributed by atoms with Gasteiger partial charge in [0.25, 0.3) is 0 Å². The van der Waals surface area contributed by atoms with E-state index in [1.807, 2.05) is 0 Å². The van der Waals surface area contributed by atoms with E-state index in [9.17, 15) is 18.5 Å². The summed E-state index contributed by atoms with van der Waals surface area (Å²) in [5, 5.41) is 16.5. The Morgan fingerprint density at radius 3 is 2.43 bits per heavy atom. The molecule has 0 spiro atoms. The lowest BCUT2D eigenvalue weighted by Crippen LogP contribution is -2.39. The van der Waals surface area contributed by atoms with Gasteiger partial charge in [0.15, 0.2) is 5.11 Å². The molecule has 0 radical (unpaired) electrons. The van der Waals surface area contributed by atoms with Crippen LogP contribution in [-0.4, -0.2) is 41.1 Å². The van der Waals surface area contributed by atoms with Crippen LogP contribution >= 0.6 is 12.2 Å². The lowest BCUT2D eigenvalue weighted by atomic mass is 10.1. The highest BCUT2D eigenvalue weighted by Crippen LogP contribution is 2.29. The normalized spacial score (nSPS) is 11.4. The fourth-order valence-corrected chi connectivity index (χ4v) is 3.42. The van der Waals surface area contributed by atoms with Gasteiger partial charge < -0.3 is 21.6 Å². The topological polar surface area (TPSA) is 176 Å². The van der Waals surface area contributed by atoms with E-state index in [2.05, 4.69) is 4.98 Å². The van der Waals surface area contributed by atoms with Gasteiger partial charge in [-0.3, -0.25) is 9.47 Å². The summed E-state index contributed by atoms with van der Waals surface area (Å²) >= 11 is 5.10. The molecule has 1 aromatic heterocycles. The zero-order valence-electron chi connectivity index (χ0n) is 15.1. The molecule has 11 nitrogen and oxygen atoms in total. The van der Waals surface area contributed by atoms with Crippen molar-refractivity contribution in [3.05, 3.63) is 45.8 Å². The lowest BCUT2D eigenvalue weighted by Gasteiger charge is -2.23. The van der Waals surface area contributed by atoms with Crippen molar-refractivity contribution in [3.8, 4) is 0 Å². The van der Waals surface area contributed by atoms with Crippen molar-refractivity contribution in [3.63, 3.8) is 0 Å². The Labute approximate surface area is 167 Å². The molecular formula is C15H21N7O4S2. The van der Waals surface area contributed by atoms with E-state index in [0.29, 0.717) is 18.8 Å². The summed E-state index contributed by atoms with van der Waals surface area (Å²) in [5.41, 5.74) is 12.2. The molecule has 6 N–H and O–H groups in total. The molecule has 0 aliphatic carbocycles. The number of benzene rings is 1. The van der Waals surface area contributed by atoms with E-state index in [4.69, 9.17) is 28.8 Å². The van der Waals surface area contributed by atoms with Crippen molar-refractivity contribution in [2.75, 3.05) is 18.0 Å². The number of anilines is 1. The molecule has 0 amide bonds. The molecule has 28 heavy (non-hydrogen) atoms. The molecule has 0 saturated carbocycles. The monoisotopic (exact) mass is 427 g/mol. The van der Waals surface area contributed by atoms with E-state index in [-0.39, 0.29) is 34.7 Å². The molecule has 0 bridgehead atoms. The Bertz CT molecular complexity index is 987. The van der Waals surface area contributed by atoms with Gasteiger partial charge in [0.1, 0.15) is 0 Å². The number of sulfonamides is 1. The summed E-state index contributed by atoms with van der Waals surface area (Å²) in [4.78, 5) is 16.3. The number of nitro groups is 1. The fraction of sp³-hybridized carbons (Fsp3) is 0.333. The zero-order valence-corrected chi connectivity index (χ0v) is 16.7. The third-order valence-corrected chi connectivity index (χ3v) is 5.19. The van der Waals surface area contributed by atoms with Gasteiger partial charge >= 0.3 is 5.82 Å². The van der Waals surface area contributed by atoms with Crippen molar-refractivity contribution in [2.45, 2.75) is 24.8 Å². The van der Waals surface area contributed by atoms with Gasteiger partial charge in [-0.05, 0) is 46.2 Å². The van der Waals surface area contributed by atoms with Crippen LogP contribution in [0.2, 0.25) is 0 Å². The number of hydrogen-bond acceptors (Lipinski definition) is 7. The molecule has 1 heterocycles. The molecule has 0 aliphatic heterocycles. The smallest absolute Gasteiger partial charge is 0.376 e. The SMILES string of the molecule is Cc1nc([N+](=O)[O-])c(N(CCc2ccc(S(N)(=O)=O)cc2)C(N)=S)n1CCN. The van der Waals surface area contributed by atoms with Gasteiger partial charge in [0, 0.05) is 26.6 Å². The minimum atomic E-state index is -3.78. The largest absolute Gasteiger partial charge is 0.407 e. The number of imidazole rings is 1. The second-order valence-electron chi connectivity index (χ2n) is 5.93. The third-order valence-electron chi connectivity index (χ3n) is 4.04. The van der Waals surface area contributed by atoms with E-state index < -0.39 is 14.9 Å². The summed E-state index contributed by atoms with van der Waals surface area (Å²) in [6.45, 7) is 2.42. The van der Waals surface area contributed by atoms with Crippen LogP contribution in [0.4, 0.5) is 11.6 Å². The Kier molecular flexibility index (Phi) is 6.66. The predicted octanol–water partition coefficient (Wildman–Crippen LogP) is -0.00148. The first-order valence-electron chi connectivity index (χ1n) is 8.16. The van der Waals surface area contributed by atoms with E-state index in [1.54, 1.807) is 23.6 Å². The first-order valence-corrected chi connectivity index (χ1v) is 10.1. The predicted molar refractivity (Wildman–Crippen MR) is 108 cm³/mol. The van der Waals surface area contributed by atoms with Gasteiger partial charge in [0.05, 0.1) is 4.90 Å². The summed E-state index contributed by atoms with van der Waals surface area (Å²) in [5.74, 6) is 0.232. The Hall–Kier alpha value is -2.61. The average Bonchev–Trinajstić information content (AvgIpc) is 2.92. The second-order valence-corrected chi connectivity index (χ2v) is 7.91. The highest BCUT2D eigenvalue weighted by atomic mass is 32.2. The van der Waals surface area contributed by atoms with Crippen LogP contribution in [0.25, 0.3) is 0 Å². The summed E-state index contributed by atoms with van der Waals surface area (Å²) in [6.07, 6.45) is 0.395. The maximum atomic E-state index is 11.4. The van der Waals surface area contributed by atoms with Crippen LogP contribution < -0.4 is 21.5 Å². The molecule has 152 valence electrons. The maximum absolute atomic E-state index is 11.4. The minimum Gasteiger partial charge on any atom is -0.376 e. The first-order chi connectivity index (χ1) is 13.1. The lowest BCUT2D eigenvalue weighted by molar-refractivity contribution is -0.388. The Morgan fingerprint density at radius 1 is 1.36 bits per heavy atom. The highest BCUT2D eigenvalue weighted by molar-refractivity contribution is 7.89. The van der Waals surface area contributed by atoms with Gasteiger partial charge in [0.2, 0.25) is 21.7 Å². The highest BCUT2D eigenvalue weighted by Gasteiger charge is 2.30. The number of primary sulfonamides is 1. The standard InChI is InChI=1S/C15H21N7O4S2/c1-10-19-13(22(23)24)14(20(10)9-7-16)21(15(17)27)8-6-11-2-4-12(5-3-11)28(18,25)26/h2-5H,6-9,16H2,1H3,(H2,17,27)(H2,18,25,26). The van der Waals surface area contributed by atoms with Gasteiger partial charge in [-0.15, -0.1) is 0 Å². The van der Waals surface area contributed by atoms with Crippen LogP contribution in [0, 0.1) is 17.0 Å².